The van der Waals surface area contributed by atoms with Gasteiger partial charge >= 0.3 is 0 Å². The normalized spacial score (nSPS) is 51.7. The number of alkyl halides is 1. The first-order chi connectivity index (χ1) is 30.1. The molecule has 8 fully saturated rings. The van der Waals surface area contributed by atoms with E-state index in [0.29, 0.717) is 58.8 Å². The van der Waals surface area contributed by atoms with Crippen molar-refractivity contribution in [1.29, 1.82) is 0 Å². The zero-order chi connectivity index (χ0) is 44.0. The highest BCUT2D eigenvalue weighted by molar-refractivity contribution is 6.18. The molecule has 3 N–H and O–H groups in total. The molecule has 0 aromatic rings. The van der Waals surface area contributed by atoms with E-state index in [1.54, 1.807) is 33.4 Å². The van der Waals surface area contributed by atoms with Crippen LogP contribution in [0.5, 0.6) is 0 Å². The van der Waals surface area contributed by atoms with Gasteiger partial charge in [0.1, 0.15) is 0 Å². The van der Waals surface area contributed by atoms with E-state index in [4.69, 9.17) is 21.1 Å². The van der Waals surface area contributed by atoms with E-state index in [1.165, 1.54) is 77.2 Å². The van der Waals surface area contributed by atoms with Crippen molar-refractivity contribution in [1.82, 2.24) is 10.2 Å². The summed E-state index contributed by atoms with van der Waals surface area (Å²) in [5, 5.41) is 24.4. The molecular weight excluding hydrogens is 824 g/mol. The van der Waals surface area contributed by atoms with Gasteiger partial charge < -0.3 is 25.0 Å². The topological polar surface area (TPSA) is 74.2 Å². The number of likely N-dealkylation sites (tertiary alicyclic amines) is 1. The van der Waals surface area contributed by atoms with Crippen molar-refractivity contribution in [3.63, 3.8) is 0 Å². The van der Waals surface area contributed by atoms with Crippen LogP contribution in [0.15, 0.2) is 45.6 Å². The Morgan fingerprint density at radius 3 is 1.74 bits per heavy atom. The zero-order valence-corrected chi connectivity index (χ0v) is 41.3. The molecule has 2 spiro atoms. The predicted octanol–water partition coefficient (Wildman–Crippen LogP) is 12.2. The predicted molar refractivity (Wildman–Crippen MR) is 268 cm³/mol. The second kappa shape index (κ2) is 17.7. The van der Waals surface area contributed by atoms with Crippen LogP contribution in [-0.2, 0) is 9.47 Å². The lowest BCUT2D eigenvalue weighted by atomic mass is 9.56. The molecular formula is C58H93ClN2O4. The number of aliphatic hydroxyl groups excluding tert-OH is 2. The van der Waals surface area contributed by atoms with Crippen LogP contribution in [0.4, 0.5) is 0 Å². The number of halogens is 1. The summed E-state index contributed by atoms with van der Waals surface area (Å²) in [4.78, 5) is 2.66. The molecule has 0 bridgehead atoms. The second-order valence-corrected chi connectivity index (χ2v) is 25.4. The molecule has 12 rings (SSSR count). The molecule has 20 atom stereocenters. The molecule has 0 aromatic heterocycles. The van der Waals surface area contributed by atoms with Gasteiger partial charge in [0.2, 0.25) is 0 Å². The van der Waals surface area contributed by atoms with E-state index in [9.17, 15) is 10.2 Å². The van der Waals surface area contributed by atoms with E-state index in [0.717, 1.165) is 86.6 Å². The lowest BCUT2D eigenvalue weighted by Gasteiger charge is -2.49. The molecule has 4 saturated carbocycles. The van der Waals surface area contributed by atoms with Crippen LogP contribution in [0.3, 0.4) is 0 Å². The van der Waals surface area contributed by atoms with Crippen LogP contribution in [0.1, 0.15) is 173 Å². The van der Waals surface area contributed by atoms with Gasteiger partial charge in [-0.2, -0.15) is 0 Å². The standard InChI is InChI=1S/C29H44ClNO2.C27H41NO2.2CH4/c1-17-13-26-27(31(16-17)12-11-30)19(3)29(33-26)10-8-22-23-6-5-20-14-21(32)7-9-28(20,4)25(23)15-24(22)18(29)2;1-15-11-24-25(28-14-15)17(3)27(30-24)10-8-20-21-6-5-18-12-19(29)7-9-26(18,4)23(21)13-22(20)16(27)2;;/h5,17,19,21-23,25-27,32H,6-16H2,1-4H3;5,15,17,19-21,23-25,28-29H,6-14H2,1-4H3;2*1H4/t17-,19+,21-,22-,23-,25-,26+,27-,28-,29-;15-,17+,19-,20-,21-,23-,24+,25-,26-,27-;;/m00../s1. The van der Waals surface area contributed by atoms with Crippen molar-refractivity contribution in [2.24, 2.45) is 70.0 Å². The number of nitrogens with zero attached hydrogens (tertiary/aromatic N) is 1. The molecule has 0 radical (unpaired) electrons. The van der Waals surface area contributed by atoms with Crippen molar-refractivity contribution in [3.8, 4) is 0 Å². The molecule has 0 aromatic carbocycles. The summed E-state index contributed by atoms with van der Waals surface area (Å²) in [6, 6.07) is 1.05. The summed E-state index contributed by atoms with van der Waals surface area (Å²) >= 11 is 6.24. The van der Waals surface area contributed by atoms with Crippen molar-refractivity contribution < 1.29 is 19.7 Å². The highest BCUT2D eigenvalue weighted by Crippen LogP contribution is 2.67. The van der Waals surface area contributed by atoms with Gasteiger partial charge in [-0.25, -0.2) is 0 Å². The number of hydrogen-bond donors (Lipinski definition) is 3. The molecule has 8 aliphatic carbocycles. The Morgan fingerprint density at radius 1 is 0.692 bits per heavy atom. The van der Waals surface area contributed by atoms with E-state index in [1.807, 2.05) is 0 Å². The fourth-order valence-electron chi connectivity index (χ4n) is 18.9. The fraction of sp³-hybridized carbons (Fsp3) is 0.862. The summed E-state index contributed by atoms with van der Waals surface area (Å²) in [6.45, 7) is 22.9. The highest BCUT2D eigenvalue weighted by atomic mass is 35.5. The molecule has 366 valence electrons. The average Bonchev–Trinajstić information content (AvgIpc) is 3.98. The Bertz CT molecular complexity index is 1940. The number of aliphatic hydroxyl groups is 2. The summed E-state index contributed by atoms with van der Waals surface area (Å²) in [5.74, 6) is 7.86. The molecule has 4 saturated heterocycles. The largest absolute Gasteiger partial charge is 0.393 e. The van der Waals surface area contributed by atoms with Gasteiger partial charge in [0.15, 0.2) is 0 Å². The summed E-state index contributed by atoms with van der Waals surface area (Å²) in [6.07, 6.45) is 24.1. The Hall–Kier alpha value is -0.990. The lowest BCUT2D eigenvalue weighted by Crippen LogP contribution is -2.52. The van der Waals surface area contributed by atoms with Crippen LogP contribution in [0.25, 0.3) is 0 Å². The molecule has 0 amide bonds. The van der Waals surface area contributed by atoms with Gasteiger partial charge in [0.25, 0.3) is 0 Å². The quantitative estimate of drug-likeness (QED) is 0.189. The third-order valence-electron chi connectivity index (χ3n) is 22.3. The van der Waals surface area contributed by atoms with E-state index in [-0.39, 0.29) is 38.3 Å². The smallest absolute Gasteiger partial charge is 0.0937 e. The molecule has 4 heterocycles. The van der Waals surface area contributed by atoms with Gasteiger partial charge in [0, 0.05) is 42.9 Å². The maximum atomic E-state index is 10.3. The molecule has 4 aliphatic heterocycles. The van der Waals surface area contributed by atoms with Gasteiger partial charge in [-0.15, -0.1) is 11.6 Å². The Morgan fingerprint density at radius 2 is 1.20 bits per heavy atom. The summed E-state index contributed by atoms with van der Waals surface area (Å²) in [5.41, 5.74) is 10.4. The van der Waals surface area contributed by atoms with Gasteiger partial charge in [-0.3, -0.25) is 4.90 Å². The first kappa shape index (κ1) is 49.0. The van der Waals surface area contributed by atoms with Crippen LogP contribution >= 0.6 is 11.6 Å². The SMILES string of the molecule is C.C.CC1=C2C[C@H]3[C@@H](CC=C4C[C@@H](O)CC[C@@]43C)[C@@H]2CC[C@]12O[C@@H]1C[C@H](C)CN(CCCl)[C@H]1[C@H]2C.CC1=C2C[C@H]3[C@@H](CC=C4C[C@@H](O)CC[C@@]43C)[C@@H]2CC[C@]12O[C@@H]1C[C@H](C)CN[C@H]1[C@H]2C. The number of ether oxygens (including phenoxy) is 2. The second-order valence-electron chi connectivity index (χ2n) is 25.1. The van der Waals surface area contributed by atoms with Gasteiger partial charge in [-0.05, 0) is 192 Å². The van der Waals surface area contributed by atoms with Crippen molar-refractivity contribution in [2.45, 2.75) is 221 Å². The van der Waals surface area contributed by atoms with Gasteiger partial charge in [-0.1, -0.05) is 90.8 Å². The van der Waals surface area contributed by atoms with E-state index >= 15 is 0 Å². The van der Waals surface area contributed by atoms with Crippen molar-refractivity contribution in [3.05, 3.63) is 45.6 Å². The minimum Gasteiger partial charge on any atom is -0.393 e. The van der Waals surface area contributed by atoms with Crippen LogP contribution in [-0.4, -0.2) is 88.3 Å². The lowest BCUT2D eigenvalue weighted by molar-refractivity contribution is -0.0643. The molecule has 12 aliphatic rings. The summed E-state index contributed by atoms with van der Waals surface area (Å²) < 4.78 is 14.2. The van der Waals surface area contributed by atoms with Crippen LogP contribution in [0, 0.1) is 70.0 Å². The minimum atomic E-state index is -0.122. The fourth-order valence-corrected chi connectivity index (χ4v) is 19.1. The first-order valence-electron chi connectivity index (χ1n) is 26.7. The Labute approximate surface area is 401 Å². The zero-order valence-electron chi connectivity index (χ0n) is 40.6. The molecule has 65 heavy (non-hydrogen) atoms. The third kappa shape index (κ3) is 7.32. The van der Waals surface area contributed by atoms with Crippen LogP contribution < -0.4 is 5.32 Å². The number of allylic oxidation sites excluding steroid dienone is 4. The third-order valence-corrected chi connectivity index (χ3v) is 22.5. The van der Waals surface area contributed by atoms with Crippen molar-refractivity contribution >= 4 is 11.6 Å². The van der Waals surface area contributed by atoms with Crippen molar-refractivity contribution in [2.75, 3.05) is 25.5 Å². The van der Waals surface area contributed by atoms with E-state index in [2.05, 4.69) is 77.8 Å². The number of hydrogen-bond acceptors (Lipinski definition) is 6. The maximum absolute atomic E-state index is 10.3. The number of piperidine rings is 2. The number of nitrogens with one attached hydrogen (secondary N) is 1. The minimum absolute atomic E-state index is 0. The first-order valence-corrected chi connectivity index (χ1v) is 27.2. The Kier molecular flexibility index (Phi) is 13.3. The Balaban J connectivity index is 0.000000160. The highest BCUT2D eigenvalue weighted by Gasteiger charge is 2.63. The molecule has 7 heteroatoms. The van der Waals surface area contributed by atoms with E-state index < -0.39 is 0 Å². The number of rotatable bonds is 2. The average molecular weight is 918 g/mol. The monoisotopic (exact) mass is 917 g/mol. The van der Waals surface area contributed by atoms with Gasteiger partial charge in [0.05, 0.1) is 35.6 Å². The van der Waals surface area contributed by atoms with Crippen LogP contribution in [0.2, 0.25) is 0 Å². The maximum Gasteiger partial charge on any atom is 0.0937 e. The molecule has 6 nitrogen and oxygen atoms in total. The summed E-state index contributed by atoms with van der Waals surface area (Å²) in [7, 11) is 0. The molecule has 0 unspecified atom stereocenters. The number of fused-ring (bicyclic) bond motifs is 12.